The molecule has 1 heterocycles. The van der Waals surface area contributed by atoms with Crippen LogP contribution in [-0.2, 0) is 12.6 Å². The molecular weight excluding hydrogens is 273 g/mol. The van der Waals surface area contributed by atoms with Crippen molar-refractivity contribution in [2.75, 3.05) is 11.9 Å². The van der Waals surface area contributed by atoms with E-state index in [1.165, 1.54) is 12.5 Å². The summed E-state index contributed by atoms with van der Waals surface area (Å²) in [6, 6.07) is 4.72. The first-order chi connectivity index (χ1) is 9.50. The fraction of sp³-hybridized carbons (Fsp3) is 0.250. The Morgan fingerprint density at radius 3 is 2.75 bits per heavy atom. The predicted octanol–water partition coefficient (Wildman–Crippen LogP) is 2.61. The van der Waals surface area contributed by atoms with Gasteiger partial charge in [-0.15, -0.1) is 0 Å². The van der Waals surface area contributed by atoms with Crippen LogP contribution in [0.25, 0.3) is 0 Å². The van der Waals surface area contributed by atoms with Gasteiger partial charge in [0.25, 0.3) is 0 Å². The predicted molar refractivity (Wildman–Crippen MR) is 62.7 cm³/mol. The van der Waals surface area contributed by atoms with Crippen molar-refractivity contribution in [2.45, 2.75) is 12.6 Å². The minimum Gasteiger partial charge on any atom is -0.384 e. The first kappa shape index (κ1) is 13.9. The van der Waals surface area contributed by atoms with Crippen LogP contribution in [-0.4, -0.2) is 16.7 Å². The Morgan fingerprint density at radius 1 is 1.35 bits per heavy atom. The third-order valence-electron chi connectivity index (χ3n) is 2.54. The van der Waals surface area contributed by atoms with Gasteiger partial charge in [-0.2, -0.15) is 23.4 Å². The minimum atomic E-state index is -4.46. The Bertz CT molecular complexity index is 617. The smallest absolute Gasteiger partial charge is 0.384 e. The van der Waals surface area contributed by atoms with Crippen LogP contribution in [0.1, 0.15) is 17.0 Å². The molecule has 0 atom stereocenters. The SMILES string of the molecule is N#Cc1cc(C(F)(F)F)ccc1NCCc1ncon1. The van der Waals surface area contributed by atoms with Crippen molar-refractivity contribution in [2.24, 2.45) is 0 Å². The second-order valence-corrected chi connectivity index (χ2v) is 3.89. The minimum absolute atomic E-state index is 0.0621. The van der Waals surface area contributed by atoms with Gasteiger partial charge in [-0.3, -0.25) is 0 Å². The lowest BCUT2D eigenvalue weighted by molar-refractivity contribution is -0.137. The normalized spacial score (nSPS) is 11.1. The molecule has 104 valence electrons. The lowest BCUT2D eigenvalue weighted by atomic mass is 10.1. The molecular formula is C12H9F3N4O. The van der Waals surface area contributed by atoms with Crippen LogP contribution in [0.2, 0.25) is 0 Å². The van der Waals surface area contributed by atoms with Crippen LogP contribution in [0.5, 0.6) is 0 Å². The van der Waals surface area contributed by atoms with Crippen LogP contribution in [0, 0.1) is 11.3 Å². The molecule has 0 radical (unpaired) electrons. The number of alkyl halides is 3. The van der Waals surface area contributed by atoms with Gasteiger partial charge in [0.15, 0.2) is 5.82 Å². The molecule has 5 nitrogen and oxygen atoms in total. The molecule has 0 fully saturated rings. The van der Waals surface area contributed by atoms with Gasteiger partial charge in [-0.25, -0.2) is 0 Å². The van der Waals surface area contributed by atoms with Crippen LogP contribution < -0.4 is 5.32 Å². The number of anilines is 1. The number of halogens is 3. The van der Waals surface area contributed by atoms with Gasteiger partial charge in [0.2, 0.25) is 6.39 Å². The van der Waals surface area contributed by atoms with Gasteiger partial charge in [0, 0.05) is 13.0 Å². The third-order valence-corrected chi connectivity index (χ3v) is 2.54. The van der Waals surface area contributed by atoms with Gasteiger partial charge in [0.1, 0.15) is 6.07 Å². The first-order valence-electron chi connectivity index (χ1n) is 5.61. The maximum atomic E-state index is 12.5. The molecule has 1 aromatic heterocycles. The maximum absolute atomic E-state index is 12.5. The third kappa shape index (κ3) is 3.26. The van der Waals surface area contributed by atoms with E-state index in [0.717, 1.165) is 12.1 Å². The Balaban J connectivity index is 2.06. The topological polar surface area (TPSA) is 74.7 Å². The molecule has 0 spiro atoms. The number of benzene rings is 1. The van der Waals surface area contributed by atoms with Crippen LogP contribution in [0.15, 0.2) is 29.1 Å². The highest BCUT2D eigenvalue weighted by atomic mass is 19.4. The fourth-order valence-corrected chi connectivity index (χ4v) is 1.58. The molecule has 0 saturated heterocycles. The molecule has 0 amide bonds. The second-order valence-electron chi connectivity index (χ2n) is 3.89. The zero-order valence-corrected chi connectivity index (χ0v) is 10.1. The van der Waals surface area contributed by atoms with E-state index in [2.05, 4.69) is 20.0 Å². The first-order valence-corrected chi connectivity index (χ1v) is 5.61. The summed E-state index contributed by atoms with van der Waals surface area (Å²) in [7, 11) is 0. The van der Waals surface area contributed by atoms with Crippen LogP contribution >= 0.6 is 0 Å². The number of rotatable bonds is 4. The fourth-order valence-electron chi connectivity index (χ4n) is 1.58. The van der Waals surface area contributed by atoms with E-state index in [4.69, 9.17) is 5.26 Å². The van der Waals surface area contributed by atoms with Gasteiger partial charge < -0.3 is 9.84 Å². The van der Waals surface area contributed by atoms with Crippen molar-refractivity contribution in [1.29, 1.82) is 5.26 Å². The zero-order valence-electron chi connectivity index (χ0n) is 10.1. The molecule has 0 aliphatic rings. The molecule has 0 unspecified atom stereocenters. The lowest BCUT2D eigenvalue weighted by Gasteiger charge is -2.11. The van der Waals surface area contributed by atoms with E-state index in [1.807, 2.05) is 0 Å². The highest BCUT2D eigenvalue weighted by molar-refractivity contribution is 5.59. The number of hydrogen-bond donors (Lipinski definition) is 1. The average Bonchev–Trinajstić information content (AvgIpc) is 2.91. The van der Waals surface area contributed by atoms with Crippen molar-refractivity contribution < 1.29 is 17.7 Å². The molecule has 0 aliphatic heterocycles. The van der Waals surface area contributed by atoms with E-state index in [0.29, 0.717) is 24.5 Å². The number of nitriles is 1. The molecule has 20 heavy (non-hydrogen) atoms. The molecule has 0 saturated carbocycles. The lowest BCUT2D eigenvalue weighted by Crippen LogP contribution is -2.09. The van der Waals surface area contributed by atoms with Crippen molar-refractivity contribution in [3.63, 3.8) is 0 Å². The second kappa shape index (κ2) is 5.61. The highest BCUT2D eigenvalue weighted by Crippen LogP contribution is 2.31. The van der Waals surface area contributed by atoms with Crippen molar-refractivity contribution >= 4 is 5.69 Å². The summed E-state index contributed by atoms with van der Waals surface area (Å²) in [4.78, 5) is 3.80. The maximum Gasteiger partial charge on any atom is 0.416 e. The standard InChI is InChI=1S/C12H9F3N4O/c13-12(14,15)9-1-2-10(8(5-9)6-16)17-4-3-11-18-7-20-19-11/h1-2,5,7,17H,3-4H2. The quantitative estimate of drug-likeness (QED) is 0.933. The van der Waals surface area contributed by atoms with Crippen molar-refractivity contribution in [1.82, 2.24) is 10.1 Å². The van der Waals surface area contributed by atoms with E-state index in [1.54, 1.807) is 6.07 Å². The summed E-state index contributed by atoms with van der Waals surface area (Å²) in [6.07, 6.45) is -2.84. The van der Waals surface area contributed by atoms with Gasteiger partial charge >= 0.3 is 6.18 Å². The Kier molecular flexibility index (Phi) is 3.89. The number of aromatic nitrogens is 2. The van der Waals surface area contributed by atoms with E-state index in [-0.39, 0.29) is 5.56 Å². The van der Waals surface area contributed by atoms with Crippen molar-refractivity contribution in [3.05, 3.63) is 41.5 Å². The van der Waals surface area contributed by atoms with Crippen LogP contribution in [0.3, 0.4) is 0 Å². The molecule has 0 bridgehead atoms. The number of hydrogen-bond acceptors (Lipinski definition) is 5. The molecule has 8 heteroatoms. The zero-order chi connectivity index (χ0) is 14.6. The van der Waals surface area contributed by atoms with Gasteiger partial charge in [0.05, 0.1) is 16.8 Å². The van der Waals surface area contributed by atoms with Crippen molar-refractivity contribution in [3.8, 4) is 6.07 Å². The van der Waals surface area contributed by atoms with Gasteiger partial charge in [-0.1, -0.05) is 5.16 Å². The summed E-state index contributed by atoms with van der Waals surface area (Å²) >= 11 is 0. The summed E-state index contributed by atoms with van der Waals surface area (Å²) < 4.78 is 42.1. The monoisotopic (exact) mass is 282 g/mol. The number of nitrogens with zero attached hydrogens (tertiary/aromatic N) is 3. The van der Waals surface area contributed by atoms with E-state index < -0.39 is 11.7 Å². The summed E-state index contributed by atoms with van der Waals surface area (Å²) in [5.41, 5.74) is -0.574. The van der Waals surface area contributed by atoms with Gasteiger partial charge in [-0.05, 0) is 18.2 Å². The Hall–Kier alpha value is -2.56. The summed E-state index contributed by atoms with van der Waals surface area (Å²) in [6.45, 7) is 0.375. The van der Waals surface area contributed by atoms with E-state index >= 15 is 0 Å². The van der Waals surface area contributed by atoms with Crippen LogP contribution in [0.4, 0.5) is 18.9 Å². The molecule has 2 aromatic rings. The molecule has 1 N–H and O–H groups in total. The summed E-state index contributed by atoms with van der Waals surface area (Å²) in [5, 5.41) is 15.4. The Morgan fingerprint density at radius 2 is 2.15 bits per heavy atom. The molecule has 1 aromatic carbocycles. The average molecular weight is 282 g/mol. The number of nitrogens with one attached hydrogen (secondary N) is 1. The highest BCUT2D eigenvalue weighted by Gasteiger charge is 2.31. The van der Waals surface area contributed by atoms with E-state index in [9.17, 15) is 13.2 Å². The molecule has 0 aliphatic carbocycles. The summed E-state index contributed by atoms with van der Waals surface area (Å²) in [5.74, 6) is 0.475. The Labute approximate surface area is 112 Å². The largest absolute Gasteiger partial charge is 0.416 e. The molecule has 2 rings (SSSR count).